The van der Waals surface area contributed by atoms with E-state index in [0.717, 1.165) is 25.2 Å². The Bertz CT molecular complexity index is 525. The lowest BCUT2D eigenvalue weighted by molar-refractivity contribution is 0.551. The third kappa shape index (κ3) is 1.28. The third-order valence-corrected chi connectivity index (χ3v) is 3.34. The molecule has 2 aromatic rings. The zero-order valence-corrected chi connectivity index (χ0v) is 9.83. The van der Waals surface area contributed by atoms with E-state index in [-0.39, 0.29) is 0 Å². The van der Waals surface area contributed by atoms with Gasteiger partial charge in [0.2, 0.25) is 0 Å². The number of hydrogen-bond acceptors (Lipinski definition) is 2. The molecule has 1 aliphatic heterocycles. The van der Waals surface area contributed by atoms with Gasteiger partial charge in [0, 0.05) is 42.8 Å². The molecule has 3 heteroatoms. The van der Waals surface area contributed by atoms with E-state index in [1.807, 2.05) is 12.3 Å². The summed E-state index contributed by atoms with van der Waals surface area (Å²) in [7, 11) is 0. The molecule has 3 heterocycles. The van der Waals surface area contributed by atoms with E-state index >= 15 is 0 Å². The van der Waals surface area contributed by atoms with Crippen molar-refractivity contribution in [1.29, 1.82) is 0 Å². The minimum atomic E-state index is 0.485. The molecule has 0 radical (unpaired) electrons. The zero-order valence-electron chi connectivity index (χ0n) is 9.83. The van der Waals surface area contributed by atoms with E-state index in [9.17, 15) is 0 Å². The number of nitrogens with one attached hydrogen (secondary N) is 1. The average Bonchev–Trinajstić information content (AvgIpc) is 2.63. The topological polar surface area (TPSA) is 29.9 Å². The molecule has 1 aliphatic rings. The van der Waals surface area contributed by atoms with Gasteiger partial charge in [-0.25, -0.2) is 4.98 Å². The smallest absolute Gasteiger partial charge is 0.140 e. The Morgan fingerprint density at radius 3 is 3.12 bits per heavy atom. The van der Waals surface area contributed by atoms with E-state index in [1.54, 1.807) is 0 Å². The molecule has 0 fully saturated rings. The summed E-state index contributed by atoms with van der Waals surface area (Å²) in [5.41, 5.74) is 4.07. The van der Waals surface area contributed by atoms with Crippen LogP contribution in [0.25, 0.3) is 11.0 Å². The van der Waals surface area contributed by atoms with Crippen molar-refractivity contribution in [1.82, 2.24) is 14.9 Å². The Balaban J connectivity index is 2.37. The summed E-state index contributed by atoms with van der Waals surface area (Å²) in [5.74, 6) is 0. The molecule has 0 saturated heterocycles. The molecule has 0 unspecified atom stereocenters. The van der Waals surface area contributed by atoms with Crippen LogP contribution in [0.15, 0.2) is 18.3 Å². The van der Waals surface area contributed by atoms with Crippen molar-refractivity contribution in [2.24, 2.45) is 0 Å². The van der Waals surface area contributed by atoms with Crippen LogP contribution in [0, 0.1) is 0 Å². The molecule has 16 heavy (non-hydrogen) atoms. The highest BCUT2D eigenvalue weighted by Gasteiger charge is 2.21. The Labute approximate surface area is 95.5 Å². The standard InChI is InChI=1S/C13H17N3/c1-9(2)16-12-5-7-14-8-11(12)10-4-3-6-15-13(10)16/h3-4,6,9,14H,5,7-8H2,1-2H3. The van der Waals surface area contributed by atoms with Crippen molar-refractivity contribution in [3.05, 3.63) is 29.6 Å². The van der Waals surface area contributed by atoms with Gasteiger partial charge in [-0.05, 0) is 31.5 Å². The van der Waals surface area contributed by atoms with Crippen LogP contribution in [0.3, 0.4) is 0 Å². The van der Waals surface area contributed by atoms with Gasteiger partial charge in [-0.3, -0.25) is 0 Å². The predicted molar refractivity (Wildman–Crippen MR) is 65.5 cm³/mol. The first-order valence-electron chi connectivity index (χ1n) is 5.96. The number of hydrogen-bond donors (Lipinski definition) is 1. The van der Waals surface area contributed by atoms with Crippen molar-refractivity contribution in [3.8, 4) is 0 Å². The summed E-state index contributed by atoms with van der Waals surface area (Å²) in [6.45, 7) is 6.53. The first-order valence-corrected chi connectivity index (χ1v) is 5.96. The van der Waals surface area contributed by atoms with E-state index in [2.05, 4.69) is 34.8 Å². The molecule has 0 bridgehead atoms. The van der Waals surface area contributed by atoms with Crippen molar-refractivity contribution in [2.75, 3.05) is 6.54 Å². The summed E-state index contributed by atoms with van der Waals surface area (Å²) in [6, 6.07) is 4.70. The van der Waals surface area contributed by atoms with E-state index < -0.39 is 0 Å². The molecule has 0 spiro atoms. The maximum absolute atomic E-state index is 4.54. The summed E-state index contributed by atoms with van der Waals surface area (Å²) < 4.78 is 2.39. The van der Waals surface area contributed by atoms with Gasteiger partial charge in [-0.15, -0.1) is 0 Å². The highest BCUT2D eigenvalue weighted by atomic mass is 15.1. The molecule has 2 aromatic heterocycles. The van der Waals surface area contributed by atoms with Crippen LogP contribution in [0.4, 0.5) is 0 Å². The first-order chi connectivity index (χ1) is 7.79. The highest BCUT2D eigenvalue weighted by molar-refractivity contribution is 5.82. The van der Waals surface area contributed by atoms with Crippen molar-refractivity contribution in [2.45, 2.75) is 32.9 Å². The zero-order chi connectivity index (χ0) is 11.1. The number of rotatable bonds is 1. The van der Waals surface area contributed by atoms with Gasteiger partial charge in [0.15, 0.2) is 0 Å². The Morgan fingerprint density at radius 1 is 1.44 bits per heavy atom. The van der Waals surface area contributed by atoms with Crippen molar-refractivity contribution >= 4 is 11.0 Å². The molecule has 0 atom stereocenters. The summed E-state index contributed by atoms with van der Waals surface area (Å²) in [5, 5.41) is 4.76. The van der Waals surface area contributed by atoms with Crippen LogP contribution in [0.2, 0.25) is 0 Å². The number of pyridine rings is 1. The maximum Gasteiger partial charge on any atom is 0.140 e. The van der Waals surface area contributed by atoms with Gasteiger partial charge in [-0.1, -0.05) is 0 Å². The van der Waals surface area contributed by atoms with Crippen LogP contribution in [0.1, 0.15) is 31.1 Å². The minimum Gasteiger partial charge on any atom is -0.327 e. The predicted octanol–water partition coefficient (Wildman–Crippen LogP) is 2.26. The second-order valence-corrected chi connectivity index (χ2v) is 4.69. The largest absolute Gasteiger partial charge is 0.327 e. The van der Waals surface area contributed by atoms with Crippen LogP contribution >= 0.6 is 0 Å². The van der Waals surface area contributed by atoms with Gasteiger partial charge in [0.1, 0.15) is 5.65 Å². The fraction of sp³-hybridized carbons (Fsp3) is 0.462. The average molecular weight is 215 g/mol. The fourth-order valence-electron chi connectivity index (χ4n) is 2.70. The quantitative estimate of drug-likeness (QED) is 0.790. The van der Waals surface area contributed by atoms with E-state index in [0.29, 0.717) is 6.04 Å². The third-order valence-electron chi connectivity index (χ3n) is 3.34. The Kier molecular flexibility index (Phi) is 2.21. The normalized spacial score (nSPS) is 15.7. The fourth-order valence-corrected chi connectivity index (χ4v) is 2.70. The molecule has 0 saturated carbocycles. The second kappa shape index (κ2) is 3.59. The lowest BCUT2D eigenvalue weighted by Crippen LogP contribution is -2.25. The SMILES string of the molecule is CC(C)n1c2c(c3cccnc31)CNCC2. The number of nitrogens with zero attached hydrogens (tertiary/aromatic N) is 2. The Hall–Kier alpha value is -1.35. The molecule has 3 nitrogen and oxygen atoms in total. The number of aromatic nitrogens is 2. The van der Waals surface area contributed by atoms with Crippen LogP contribution in [-0.4, -0.2) is 16.1 Å². The lowest BCUT2D eigenvalue weighted by atomic mass is 10.1. The van der Waals surface area contributed by atoms with Gasteiger partial charge < -0.3 is 9.88 Å². The van der Waals surface area contributed by atoms with Gasteiger partial charge in [-0.2, -0.15) is 0 Å². The molecule has 3 rings (SSSR count). The van der Waals surface area contributed by atoms with Crippen LogP contribution < -0.4 is 5.32 Å². The summed E-state index contributed by atoms with van der Waals surface area (Å²) >= 11 is 0. The maximum atomic E-state index is 4.54. The number of fused-ring (bicyclic) bond motifs is 3. The van der Waals surface area contributed by atoms with Crippen LogP contribution in [-0.2, 0) is 13.0 Å². The minimum absolute atomic E-state index is 0.485. The molecule has 1 N–H and O–H groups in total. The van der Waals surface area contributed by atoms with Crippen molar-refractivity contribution in [3.63, 3.8) is 0 Å². The molecular formula is C13H17N3. The highest BCUT2D eigenvalue weighted by Crippen LogP contribution is 2.29. The van der Waals surface area contributed by atoms with Gasteiger partial charge in [0.25, 0.3) is 0 Å². The van der Waals surface area contributed by atoms with Crippen molar-refractivity contribution < 1.29 is 0 Å². The molecular weight excluding hydrogens is 198 g/mol. The summed E-state index contributed by atoms with van der Waals surface area (Å²) in [4.78, 5) is 4.54. The van der Waals surface area contributed by atoms with E-state index in [4.69, 9.17) is 0 Å². The molecule has 0 amide bonds. The molecule has 84 valence electrons. The molecule has 0 aromatic carbocycles. The lowest BCUT2D eigenvalue weighted by Gasteiger charge is -2.18. The molecule has 0 aliphatic carbocycles. The van der Waals surface area contributed by atoms with E-state index in [1.165, 1.54) is 16.6 Å². The monoisotopic (exact) mass is 215 g/mol. The second-order valence-electron chi connectivity index (χ2n) is 4.69. The summed E-state index contributed by atoms with van der Waals surface area (Å²) in [6.07, 6.45) is 3.00. The van der Waals surface area contributed by atoms with Gasteiger partial charge >= 0.3 is 0 Å². The first kappa shape index (κ1) is 9.85. The van der Waals surface area contributed by atoms with Crippen LogP contribution in [0.5, 0.6) is 0 Å². The van der Waals surface area contributed by atoms with Gasteiger partial charge in [0.05, 0.1) is 0 Å². The Morgan fingerprint density at radius 2 is 2.31 bits per heavy atom.